The number of halogens is 6. The van der Waals surface area contributed by atoms with Crippen LogP contribution in [0.2, 0.25) is 0 Å². The molecular weight excluding hydrogens is 656 g/mol. The van der Waals surface area contributed by atoms with Crippen molar-refractivity contribution in [3.05, 3.63) is 51.1 Å². The van der Waals surface area contributed by atoms with Crippen molar-refractivity contribution in [3.8, 4) is 0 Å². The molecule has 0 aliphatic rings. The summed E-state index contributed by atoms with van der Waals surface area (Å²) in [6.45, 7) is 0. The molecule has 100 valence electrons. The van der Waals surface area contributed by atoms with Crippen LogP contribution in [0, 0.1) is 0 Å². The fraction of sp³-hybridized carbons (Fsp3) is 0. The molecule has 0 heterocycles. The van der Waals surface area contributed by atoms with Crippen LogP contribution < -0.4 is 0 Å². The molecule has 0 nitrogen and oxygen atoms in total. The fourth-order valence-corrected chi connectivity index (χ4v) is 7.67. The molecule has 0 aliphatic heterocycles. The Hall–Kier alpha value is 1.67. The van der Waals surface area contributed by atoms with Gasteiger partial charge in [0.2, 0.25) is 0 Å². The number of benzene rings is 2. The van der Waals surface area contributed by atoms with Gasteiger partial charge in [0.1, 0.15) is 0 Å². The highest BCUT2D eigenvalue weighted by molar-refractivity contribution is 9.12. The molecule has 0 atom stereocenters. The van der Waals surface area contributed by atoms with Crippen LogP contribution >= 0.6 is 107 Å². The first-order valence-corrected chi connectivity index (χ1v) is 10.4. The summed E-state index contributed by atoms with van der Waals surface area (Å²) in [6, 6.07) is 8.14. The summed E-state index contributed by atoms with van der Waals surface area (Å²) in [5.41, 5.74) is 0. The molecule has 0 spiro atoms. The summed E-state index contributed by atoms with van der Waals surface area (Å²) in [5.74, 6) is 0. The Labute approximate surface area is 166 Å². The number of hydrogen-bond donors (Lipinski definition) is 0. The Kier molecular flexibility index (Phi) is 6.53. The van der Waals surface area contributed by atoms with E-state index in [1.165, 1.54) is 0 Å². The van der Waals surface area contributed by atoms with Crippen molar-refractivity contribution in [2.45, 2.75) is 9.79 Å². The summed E-state index contributed by atoms with van der Waals surface area (Å²) in [5, 5.41) is 0. The second-order valence-corrected chi connectivity index (χ2v) is 9.77. The molecule has 2 rings (SSSR count). The van der Waals surface area contributed by atoms with E-state index >= 15 is 0 Å². The Morgan fingerprint density at radius 1 is 0.526 bits per heavy atom. The van der Waals surface area contributed by atoms with E-state index in [0.717, 1.165) is 36.6 Å². The third-order valence-corrected chi connectivity index (χ3v) is 7.89. The summed E-state index contributed by atoms with van der Waals surface area (Å²) in [7, 11) is 0. The second kappa shape index (κ2) is 7.29. The Bertz CT molecular complexity index is 539. The van der Waals surface area contributed by atoms with Gasteiger partial charge in [-0.15, -0.1) is 0 Å². The molecule has 7 heteroatoms. The molecule has 0 unspecified atom stereocenters. The minimum atomic E-state index is 1.03. The van der Waals surface area contributed by atoms with Gasteiger partial charge in [0, 0.05) is 36.6 Å². The van der Waals surface area contributed by atoms with Crippen LogP contribution in [0.5, 0.6) is 0 Å². The largest absolute Gasteiger partial charge is 0.0853 e. The smallest absolute Gasteiger partial charge is 0.0408 e. The van der Waals surface area contributed by atoms with E-state index < -0.39 is 0 Å². The van der Waals surface area contributed by atoms with Gasteiger partial charge in [-0.2, -0.15) is 0 Å². The van der Waals surface area contributed by atoms with E-state index in [9.17, 15) is 0 Å². The number of rotatable bonds is 2. The van der Waals surface area contributed by atoms with Crippen LogP contribution in [-0.2, 0) is 0 Å². The summed E-state index contributed by atoms with van der Waals surface area (Å²) >= 11 is 23.0. The van der Waals surface area contributed by atoms with Gasteiger partial charge in [-0.05, 0) is 88.0 Å². The Morgan fingerprint density at radius 2 is 0.789 bits per heavy atom. The molecule has 0 bridgehead atoms. The fourth-order valence-electron chi connectivity index (χ4n) is 1.35. The van der Waals surface area contributed by atoms with Crippen molar-refractivity contribution in [2.24, 2.45) is 0 Å². The van der Waals surface area contributed by atoms with E-state index in [-0.39, 0.29) is 0 Å². The van der Waals surface area contributed by atoms with E-state index in [2.05, 4.69) is 95.6 Å². The zero-order chi connectivity index (χ0) is 14.2. The topological polar surface area (TPSA) is 0 Å². The van der Waals surface area contributed by atoms with Crippen molar-refractivity contribution in [1.82, 2.24) is 0 Å². The van der Waals surface area contributed by atoms with Crippen molar-refractivity contribution in [2.75, 3.05) is 0 Å². The quantitative estimate of drug-likeness (QED) is 0.312. The normalized spacial score (nSPS) is 10.8. The van der Waals surface area contributed by atoms with Gasteiger partial charge in [-0.25, -0.2) is 0 Å². The lowest BCUT2D eigenvalue weighted by molar-refractivity contribution is 1.29. The van der Waals surface area contributed by atoms with Crippen molar-refractivity contribution < 1.29 is 0 Å². The minimum absolute atomic E-state index is 1.03. The third-order valence-electron chi connectivity index (χ3n) is 2.13. The van der Waals surface area contributed by atoms with Crippen molar-refractivity contribution in [1.29, 1.82) is 0 Å². The van der Waals surface area contributed by atoms with E-state index in [1.54, 1.807) is 11.8 Å². The molecule has 0 radical (unpaired) electrons. The van der Waals surface area contributed by atoms with Gasteiger partial charge < -0.3 is 0 Å². The average Bonchev–Trinajstić information content (AvgIpc) is 2.25. The molecule has 19 heavy (non-hydrogen) atoms. The average molecular weight is 660 g/mol. The maximum absolute atomic E-state index is 3.60. The highest BCUT2D eigenvalue weighted by Gasteiger charge is 2.14. The van der Waals surface area contributed by atoms with Crippen molar-refractivity contribution in [3.63, 3.8) is 0 Å². The molecule has 0 aliphatic carbocycles. The van der Waals surface area contributed by atoms with Gasteiger partial charge in [-0.1, -0.05) is 43.6 Å². The van der Waals surface area contributed by atoms with Crippen LogP contribution in [0.1, 0.15) is 0 Å². The van der Waals surface area contributed by atoms with Crippen LogP contribution in [0.15, 0.2) is 60.9 Å². The molecule has 0 fully saturated rings. The summed E-state index contributed by atoms with van der Waals surface area (Å²) in [6.07, 6.45) is 0. The van der Waals surface area contributed by atoms with E-state index in [4.69, 9.17) is 0 Å². The zero-order valence-electron chi connectivity index (χ0n) is 8.99. The van der Waals surface area contributed by atoms with Gasteiger partial charge in [-0.3, -0.25) is 0 Å². The molecule has 2 aromatic carbocycles. The van der Waals surface area contributed by atoms with Crippen LogP contribution in [0.3, 0.4) is 0 Å². The lowest BCUT2D eigenvalue weighted by Gasteiger charge is -2.11. The molecule has 0 aromatic heterocycles. The second-order valence-electron chi connectivity index (χ2n) is 3.50. The van der Waals surface area contributed by atoms with Gasteiger partial charge in [0.15, 0.2) is 0 Å². The Morgan fingerprint density at radius 3 is 1.05 bits per heavy atom. The minimum Gasteiger partial charge on any atom is -0.0853 e. The van der Waals surface area contributed by atoms with Gasteiger partial charge >= 0.3 is 0 Å². The SMILES string of the molecule is Brc1cc(Br)c(Sc2c(Br)cc(Br)cc2Br)c(Br)c1. The maximum Gasteiger partial charge on any atom is 0.0408 e. The van der Waals surface area contributed by atoms with E-state index in [0.29, 0.717) is 0 Å². The molecule has 0 N–H and O–H groups in total. The molecule has 0 saturated heterocycles. The van der Waals surface area contributed by atoms with Crippen LogP contribution in [0.25, 0.3) is 0 Å². The lowest BCUT2D eigenvalue weighted by Crippen LogP contribution is -1.83. The van der Waals surface area contributed by atoms with Gasteiger partial charge in [0.25, 0.3) is 0 Å². The molecular formula is C12H4Br6S. The van der Waals surface area contributed by atoms with Crippen LogP contribution in [0.4, 0.5) is 0 Å². The number of hydrogen-bond acceptors (Lipinski definition) is 1. The van der Waals surface area contributed by atoms with Crippen LogP contribution in [-0.4, -0.2) is 0 Å². The maximum atomic E-state index is 3.60. The summed E-state index contributed by atoms with van der Waals surface area (Å²) in [4.78, 5) is 2.26. The highest BCUT2D eigenvalue weighted by atomic mass is 79.9. The predicted octanol–water partition coefficient (Wildman–Crippen LogP) is 8.41. The van der Waals surface area contributed by atoms with E-state index in [1.807, 2.05) is 24.3 Å². The highest BCUT2D eigenvalue weighted by Crippen LogP contribution is 2.46. The summed E-state index contributed by atoms with van der Waals surface area (Å²) < 4.78 is 6.23. The van der Waals surface area contributed by atoms with Crippen molar-refractivity contribution >= 4 is 107 Å². The first kappa shape index (κ1) is 17.0. The standard InChI is InChI=1S/C12H4Br6S/c13-5-1-7(15)11(8(16)2-5)19-12-9(17)3-6(14)4-10(12)18/h1-4H. The first-order chi connectivity index (χ1) is 8.88. The molecule has 0 amide bonds. The Balaban J connectivity index is 2.48. The first-order valence-electron chi connectivity index (χ1n) is 4.85. The zero-order valence-corrected chi connectivity index (χ0v) is 19.3. The monoisotopic (exact) mass is 654 g/mol. The third kappa shape index (κ3) is 4.33. The molecule has 0 saturated carbocycles. The van der Waals surface area contributed by atoms with Gasteiger partial charge in [0.05, 0.1) is 0 Å². The lowest BCUT2D eigenvalue weighted by atomic mass is 10.4. The molecule has 2 aromatic rings. The predicted molar refractivity (Wildman–Crippen MR) is 103 cm³/mol.